The van der Waals surface area contributed by atoms with Crippen molar-refractivity contribution in [2.75, 3.05) is 0 Å². The fraction of sp³-hybridized carbons (Fsp3) is 0.167. The Balaban J connectivity index is 1.60. The Morgan fingerprint density at radius 1 is 1.21 bits per heavy atom. The Hall–Kier alpha value is -2.73. The van der Waals surface area contributed by atoms with Gasteiger partial charge in [0, 0.05) is 16.1 Å². The molecular formula is C18H16N4OS. The highest BCUT2D eigenvalue weighted by molar-refractivity contribution is 7.11. The molecule has 120 valence electrons. The maximum Gasteiger partial charge on any atom is 0.292 e. The second-order valence-electron chi connectivity index (χ2n) is 5.59. The first-order valence-electron chi connectivity index (χ1n) is 7.86. The van der Waals surface area contributed by atoms with E-state index in [1.54, 1.807) is 17.6 Å². The molecule has 6 heteroatoms. The molecule has 0 saturated heterocycles. The lowest BCUT2D eigenvalue weighted by Crippen LogP contribution is -2.19. The number of benzene rings is 1. The highest BCUT2D eigenvalue weighted by Gasteiger charge is 2.26. The molecule has 24 heavy (non-hydrogen) atoms. The molecule has 0 aliphatic heterocycles. The van der Waals surface area contributed by atoms with Crippen LogP contribution in [0.1, 0.15) is 33.0 Å². The zero-order chi connectivity index (χ0) is 16.4. The summed E-state index contributed by atoms with van der Waals surface area (Å²) in [4.78, 5) is 13.5. The van der Waals surface area contributed by atoms with Gasteiger partial charge in [-0.15, -0.1) is 11.3 Å². The van der Waals surface area contributed by atoms with Crippen molar-refractivity contribution in [1.82, 2.24) is 15.2 Å². The molecule has 1 aliphatic carbocycles. The number of para-hydroxylation sites is 1. The van der Waals surface area contributed by atoms with Crippen molar-refractivity contribution in [3.05, 3.63) is 69.7 Å². The number of hydrazone groups is 1. The summed E-state index contributed by atoms with van der Waals surface area (Å²) in [5.74, 6) is -0.254. The normalized spacial score (nSPS) is 13.3. The summed E-state index contributed by atoms with van der Waals surface area (Å²) in [7, 11) is 0. The minimum atomic E-state index is -0.254. The van der Waals surface area contributed by atoms with Gasteiger partial charge < -0.3 is 0 Å². The van der Waals surface area contributed by atoms with E-state index in [0.717, 1.165) is 41.1 Å². The SMILES string of the molecule is O=C(N/N=C/c1cccs1)c1nn(-c2ccccc2)c2c1CCC2. The van der Waals surface area contributed by atoms with Crippen molar-refractivity contribution >= 4 is 23.5 Å². The highest BCUT2D eigenvalue weighted by atomic mass is 32.1. The summed E-state index contributed by atoms with van der Waals surface area (Å²) in [6.45, 7) is 0. The fourth-order valence-corrected chi connectivity index (χ4v) is 3.56. The van der Waals surface area contributed by atoms with Crippen LogP contribution in [-0.4, -0.2) is 21.9 Å². The van der Waals surface area contributed by atoms with Crippen LogP contribution in [-0.2, 0) is 12.8 Å². The summed E-state index contributed by atoms with van der Waals surface area (Å²) in [5, 5.41) is 10.6. The molecule has 0 saturated carbocycles. The van der Waals surface area contributed by atoms with Crippen molar-refractivity contribution in [2.45, 2.75) is 19.3 Å². The van der Waals surface area contributed by atoms with Gasteiger partial charge in [0.2, 0.25) is 0 Å². The third-order valence-electron chi connectivity index (χ3n) is 4.05. The Labute approximate surface area is 143 Å². The number of fused-ring (bicyclic) bond motifs is 1. The molecule has 2 aromatic heterocycles. The van der Waals surface area contributed by atoms with Gasteiger partial charge in [-0.05, 0) is 42.8 Å². The van der Waals surface area contributed by atoms with Crippen molar-refractivity contribution in [3.63, 3.8) is 0 Å². The van der Waals surface area contributed by atoms with Crippen LogP contribution in [0.25, 0.3) is 5.69 Å². The number of rotatable bonds is 4. The molecule has 3 aromatic rings. The largest absolute Gasteiger partial charge is 0.292 e. The zero-order valence-electron chi connectivity index (χ0n) is 13.0. The van der Waals surface area contributed by atoms with Crippen LogP contribution in [0.5, 0.6) is 0 Å². The van der Waals surface area contributed by atoms with E-state index in [0.29, 0.717) is 5.69 Å². The minimum Gasteiger partial charge on any atom is -0.265 e. The summed E-state index contributed by atoms with van der Waals surface area (Å²) in [5.41, 5.74) is 6.23. The average Bonchev–Trinajstić information content (AvgIpc) is 3.33. The van der Waals surface area contributed by atoms with Gasteiger partial charge in [0.25, 0.3) is 5.91 Å². The predicted octanol–water partition coefficient (Wildman–Crippen LogP) is 3.19. The van der Waals surface area contributed by atoms with Gasteiger partial charge in [-0.25, -0.2) is 10.1 Å². The second kappa shape index (κ2) is 6.41. The van der Waals surface area contributed by atoms with Crippen LogP contribution in [0.15, 0.2) is 52.9 Å². The number of hydrogen-bond donors (Lipinski definition) is 1. The first-order chi connectivity index (χ1) is 11.8. The van der Waals surface area contributed by atoms with E-state index in [1.807, 2.05) is 52.5 Å². The summed E-state index contributed by atoms with van der Waals surface area (Å²) < 4.78 is 1.89. The number of nitrogens with zero attached hydrogens (tertiary/aromatic N) is 3. The number of thiophene rings is 1. The van der Waals surface area contributed by atoms with Gasteiger partial charge >= 0.3 is 0 Å². The topological polar surface area (TPSA) is 59.3 Å². The predicted molar refractivity (Wildman–Crippen MR) is 95.0 cm³/mol. The van der Waals surface area contributed by atoms with Gasteiger partial charge in [-0.3, -0.25) is 4.79 Å². The number of carbonyl (C=O) groups excluding carboxylic acids is 1. The highest BCUT2D eigenvalue weighted by Crippen LogP contribution is 2.27. The van der Waals surface area contributed by atoms with Crippen molar-refractivity contribution in [3.8, 4) is 5.69 Å². The third kappa shape index (κ3) is 2.76. The molecule has 2 heterocycles. The van der Waals surface area contributed by atoms with E-state index in [9.17, 15) is 4.79 Å². The number of aromatic nitrogens is 2. The van der Waals surface area contributed by atoms with Gasteiger partial charge in [-0.1, -0.05) is 24.3 Å². The molecule has 1 aliphatic rings. The van der Waals surface area contributed by atoms with Crippen molar-refractivity contribution in [1.29, 1.82) is 0 Å². The molecule has 0 atom stereocenters. The Bertz CT molecular complexity index is 881. The first kappa shape index (κ1) is 14.8. The second-order valence-corrected chi connectivity index (χ2v) is 6.57. The molecule has 5 nitrogen and oxygen atoms in total. The van der Waals surface area contributed by atoms with Crippen LogP contribution >= 0.6 is 11.3 Å². The molecule has 4 rings (SSSR count). The van der Waals surface area contributed by atoms with E-state index >= 15 is 0 Å². The van der Waals surface area contributed by atoms with E-state index in [1.165, 1.54) is 0 Å². The standard InChI is InChI=1S/C18H16N4OS/c23-18(20-19-12-14-8-5-11-24-14)17-15-9-4-10-16(15)22(21-17)13-6-2-1-3-7-13/h1-3,5-8,11-12H,4,9-10H2,(H,20,23)/b19-12+. The van der Waals surface area contributed by atoms with Crippen molar-refractivity contribution < 1.29 is 4.79 Å². The van der Waals surface area contributed by atoms with Crippen molar-refractivity contribution in [2.24, 2.45) is 5.10 Å². The molecule has 1 amide bonds. The molecule has 0 bridgehead atoms. The van der Waals surface area contributed by atoms with Crippen LogP contribution < -0.4 is 5.43 Å². The number of amides is 1. The number of carbonyl (C=O) groups is 1. The maximum atomic E-state index is 12.5. The Morgan fingerprint density at radius 2 is 2.08 bits per heavy atom. The molecular weight excluding hydrogens is 320 g/mol. The number of hydrogen-bond acceptors (Lipinski definition) is 4. The fourth-order valence-electron chi connectivity index (χ4n) is 2.97. The average molecular weight is 336 g/mol. The lowest BCUT2D eigenvalue weighted by atomic mass is 10.2. The van der Waals surface area contributed by atoms with Gasteiger partial charge in [0.05, 0.1) is 11.9 Å². The minimum absolute atomic E-state index is 0.254. The molecule has 0 radical (unpaired) electrons. The maximum absolute atomic E-state index is 12.5. The molecule has 0 spiro atoms. The quantitative estimate of drug-likeness (QED) is 0.587. The van der Waals surface area contributed by atoms with Crippen LogP contribution in [0.3, 0.4) is 0 Å². The zero-order valence-corrected chi connectivity index (χ0v) is 13.8. The summed E-state index contributed by atoms with van der Waals surface area (Å²) in [6, 6.07) is 13.8. The molecule has 1 aromatic carbocycles. The van der Waals surface area contributed by atoms with Crippen LogP contribution in [0.2, 0.25) is 0 Å². The lowest BCUT2D eigenvalue weighted by molar-refractivity contribution is 0.0949. The van der Waals surface area contributed by atoms with Crippen LogP contribution in [0.4, 0.5) is 0 Å². The van der Waals surface area contributed by atoms with Gasteiger partial charge in [0.15, 0.2) is 5.69 Å². The lowest BCUT2D eigenvalue weighted by Gasteiger charge is -2.04. The third-order valence-corrected chi connectivity index (χ3v) is 4.85. The van der Waals surface area contributed by atoms with Gasteiger partial charge in [-0.2, -0.15) is 10.2 Å². The van der Waals surface area contributed by atoms with E-state index in [-0.39, 0.29) is 5.91 Å². The number of nitrogens with one attached hydrogen (secondary N) is 1. The van der Waals surface area contributed by atoms with E-state index < -0.39 is 0 Å². The smallest absolute Gasteiger partial charge is 0.265 e. The summed E-state index contributed by atoms with van der Waals surface area (Å²) >= 11 is 1.57. The molecule has 0 fully saturated rings. The Kier molecular flexibility index (Phi) is 3.96. The first-order valence-corrected chi connectivity index (χ1v) is 8.74. The Morgan fingerprint density at radius 3 is 2.88 bits per heavy atom. The van der Waals surface area contributed by atoms with E-state index in [4.69, 9.17) is 0 Å². The molecule has 0 unspecified atom stereocenters. The summed E-state index contributed by atoms with van der Waals surface area (Å²) in [6.07, 6.45) is 4.54. The van der Waals surface area contributed by atoms with E-state index in [2.05, 4.69) is 15.6 Å². The monoisotopic (exact) mass is 336 g/mol. The van der Waals surface area contributed by atoms with Crippen LogP contribution in [0, 0.1) is 0 Å². The molecule has 1 N–H and O–H groups in total. The van der Waals surface area contributed by atoms with Gasteiger partial charge in [0.1, 0.15) is 0 Å².